The summed E-state index contributed by atoms with van der Waals surface area (Å²) in [6, 6.07) is 7.17. The Morgan fingerprint density at radius 1 is 1.30 bits per heavy atom. The van der Waals surface area contributed by atoms with E-state index in [9.17, 15) is 14.7 Å². The number of carboxylic acid groups (broad SMARTS) is 1. The zero-order chi connectivity index (χ0) is 14.5. The first kappa shape index (κ1) is 15.0. The second kappa shape index (κ2) is 6.88. The van der Waals surface area contributed by atoms with Crippen molar-refractivity contribution in [3.8, 4) is 0 Å². The molecule has 2 N–H and O–H groups in total. The van der Waals surface area contributed by atoms with E-state index in [1.807, 2.05) is 6.07 Å². The Labute approximate surface area is 126 Å². The number of aliphatic carboxylic acids is 1. The van der Waals surface area contributed by atoms with E-state index in [-0.39, 0.29) is 17.7 Å². The minimum Gasteiger partial charge on any atom is -0.481 e. The van der Waals surface area contributed by atoms with Crippen LogP contribution < -0.4 is 5.32 Å². The van der Waals surface area contributed by atoms with Gasteiger partial charge in [0, 0.05) is 16.6 Å². The van der Waals surface area contributed by atoms with E-state index in [0.717, 1.165) is 23.7 Å². The van der Waals surface area contributed by atoms with Gasteiger partial charge in [0.25, 0.3) is 5.91 Å². The van der Waals surface area contributed by atoms with Crippen LogP contribution in [-0.4, -0.2) is 23.5 Å². The molecule has 0 saturated heterocycles. The summed E-state index contributed by atoms with van der Waals surface area (Å²) in [5.74, 6) is -1.18. The molecule has 2 atom stereocenters. The van der Waals surface area contributed by atoms with Gasteiger partial charge in [0.15, 0.2) is 0 Å². The number of carbonyl (C=O) groups is 2. The zero-order valence-corrected chi connectivity index (χ0v) is 12.7. The molecule has 5 heteroatoms. The van der Waals surface area contributed by atoms with E-state index >= 15 is 0 Å². The number of halogens is 1. The van der Waals surface area contributed by atoms with Gasteiger partial charge in [0.05, 0.1) is 5.92 Å². The fraction of sp³-hybridized carbons (Fsp3) is 0.467. The summed E-state index contributed by atoms with van der Waals surface area (Å²) in [6.07, 6.45) is 3.59. The Hall–Kier alpha value is -1.36. The van der Waals surface area contributed by atoms with Crippen LogP contribution in [0.25, 0.3) is 0 Å². The molecule has 1 fully saturated rings. The molecule has 0 aliphatic heterocycles. The van der Waals surface area contributed by atoms with Crippen molar-refractivity contribution in [2.24, 2.45) is 11.8 Å². The SMILES string of the molecule is O=C(NCC1CCCCC1C(=O)O)c1cccc(Br)c1. The first-order valence-corrected chi connectivity index (χ1v) is 7.64. The van der Waals surface area contributed by atoms with Crippen molar-refractivity contribution in [3.05, 3.63) is 34.3 Å². The molecule has 0 spiro atoms. The molecular weight excluding hydrogens is 322 g/mol. The van der Waals surface area contributed by atoms with Crippen LogP contribution in [0.3, 0.4) is 0 Å². The van der Waals surface area contributed by atoms with Gasteiger partial charge >= 0.3 is 5.97 Å². The van der Waals surface area contributed by atoms with E-state index in [4.69, 9.17) is 0 Å². The second-order valence-corrected chi connectivity index (χ2v) is 6.13. The Balaban J connectivity index is 1.93. The highest BCUT2D eigenvalue weighted by Crippen LogP contribution is 2.29. The maximum absolute atomic E-state index is 12.0. The number of rotatable bonds is 4. The third-order valence-corrected chi connectivity index (χ3v) is 4.33. The molecule has 1 amide bonds. The van der Waals surface area contributed by atoms with Gasteiger partial charge in [0.2, 0.25) is 0 Å². The van der Waals surface area contributed by atoms with Gasteiger partial charge in [-0.1, -0.05) is 34.8 Å². The summed E-state index contributed by atoms with van der Waals surface area (Å²) in [5, 5.41) is 12.1. The van der Waals surface area contributed by atoms with Gasteiger partial charge in [-0.15, -0.1) is 0 Å². The average molecular weight is 340 g/mol. The quantitative estimate of drug-likeness (QED) is 0.885. The van der Waals surface area contributed by atoms with Crippen molar-refractivity contribution in [2.45, 2.75) is 25.7 Å². The smallest absolute Gasteiger partial charge is 0.306 e. The van der Waals surface area contributed by atoms with Gasteiger partial charge in [-0.3, -0.25) is 9.59 Å². The third-order valence-electron chi connectivity index (χ3n) is 3.84. The van der Waals surface area contributed by atoms with Crippen molar-refractivity contribution in [1.29, 1.82) is 0 Å². The molecule has 108 valence electrons. The maximum atomic E-state index is 12.0. The number of hydrogen-bond donors (Lipinski definition) is 2. The lowest BCUT2D eigenvalue weighted by Crippen LogP contribution is -2.37. The first-order valence-electron chi connectivity index (χ1n) is 6.84. The van der Waals surface area contributed by atoms with Crippen molar-refractivity contribution < 1.29 is 14.7 Å². The normalized spacial score (nSPS) is 22.2. The zero-order valence-electron chi connectivity index (χ0n) is 11.1. The monoisotopic (exact) mass is 339 g/mol. The van der Waals surface area contributed by atoms with Crippen LogP contribution in [0.15, 0.2) is 28.7 Å². The molecule has 1 saturated carbocycles. The van der Waals surface area contributed by atoms with Gasteiger partial charge in [-0.2, -0.15) is 0 Å². The molecule has 0 heterocycles. The van der Waals surface area contributed by atoms with E-state index in [1.54, 1.807) is 18.2 Å². The molecule has 0 bridgehead atoms. The molecule has 2 unspecified atom stereocenters. The Kier molecular flexibility index (Phi) is 5.17. The Morgan fingerprint density at radius 3 is 2.75 bits per heavy atom. The second-order valence-electron chi connectivity index (χ2n) is 5.21. The molecular formula is C15H18BrNO3. The lowest BCUT2D eigenvalue weighted by atomic mass is 9.79. The lowest BCUT2D eigenvalue weighted by Gasteiger charge is -2.28. The number of nitrogens with one attached hydrogen (secondary N) is 1. The number of carbonyl (C=O) groups excluding carboxylic acids is 1. The highest BCUT2D eigenvalue weighted by molar-refractivity contribution is 9.10. The van der Waals surface area contributed by atoms with Crippen LogP contribution in [0.1, 0.15) is 36.0 Å². The molecule has 1 aromatic carbocycles. The van der Waals surface area contributed by atoms with E-state index in [1.165, 1.54) is 0 Å². The van der Waals surface area contributed by atoms with E-state index in [2.05, 4.69) is 21.2 Å². The van der Waals surface area contributed by atoms with Gasteiger partial charge in [-0.25, -0.2) is 0 Å². The fourth-order valence-electron chi connectivity index (χ4n) is 2.73. The summed E-state index contributed by atoms with van der Waals surface area (Å²) in [7, 11) is 0. The molecule has 0 radical (unpaired) electrons. The molecule has 1 aromatic rings. The highest BCUT2D eigenvalue weighted by atomic mass is 79.9. The van der Waals surface area contributed by atoms with Crippen molar-refractivity contribution in [1.82, 2.24) is 5.32 Å². The van der Waals surface area contributed by atoms with Crippen LogP contribution in [0.2, 0.25) is 0 Å². The van der Waals surface area contributed by atoms with E-state index in [0.29, 0.717) is 18.5 Å². The Morgan fingerprint density at radius 2 is 2.05 bits per heavy atom. The summed E-state index contributed by atoms with van der Waals surface area (Å²) < 4.78 is 0.853. The summed E-state index contributed by atoms with van der Waals surface area (Å²) in [5.41, 5.74) is 0.585. The van der Waals surface area contributed by atoms with Crippen molar-refractivity contribution >= 4 is 27.8 Å². The number of carboxylic acids is 1. The minimum atomic E-state index is -0.744. The predicted octanol–water partition coefficient (Wildman–Crippen LogP) is 3.07. The summed E-state index contributed by atoms with van der Waals surface area (Å²) >= 11 is 3.33. The Bertz CT molecular complexity index is 504. The molecule has 0 aromatic heterocycles. The van der Waals surface area contributed by atoms with Crippen LogP contribution in [0, 0.1) is 11.8 Å². The first-order chi connectivity index (χ1) is 9.58. The molecule has 1 aliphatic carbocycles. The number of benzene rings is 1. The average Bonchev–Trinajstić information content (AvgIpc) is 2.45. The molecule has 2 rings (SSSR count). The van der Waals surface area contributed by atoms with Crippen LogP contribution in [-0.2, 0) is 4.79 Å². The number of hydrogen-bond acceptors (Lipinski definition) is 2. The van der Waals surface area contributed by atoms with Crippen LogP contribution in [0.4, 0.5) is 0 Å². The number of amides is 1. The molecule has 4 nitrogen and oxygen atoms in total. The van der Waals surface area contributed by atoms with Crippen LogP contribution in [0.5, 0.6) is 0 Å². The highest BCUT2D eigenvalue weighted by Gasteiger charge is 2.30. The minimum absolute atomic E-state index is 0.0392. The maximum Gasteiger partial charge on any atom is 0.306 e. The fourth-order valence-corrected chi connectivity index (χ4v) is 3.13. The molecule has 20 heavy (non-hydrogen) atoms. The van der Waals surface area contributed by atoms with Crippen LogP contribution >= 0.6 is 15.9 Å². The third kappa shape index (κ3) is 3.82. The summed E-state index contributed by atoms with van der Waals surface area (Å²) in [4.78, 5) is 23.2. The predicted molar refractivity (Wildman–Crippen MR) is 79.6 cm³/mol. The molecule has 1 aliphatic rings. The van der Waals surface area contributed by atoms with Gasteiger partial charge in [0.1, 0.15) is 0 Å². The standard InChI is InChI=1S/C15H18BrNO3/c16-12-6-3-5-10(8-12)14(18)17-9-11-4-1-2-7-13(11)15(19)20/h3,5-6,8,11,13H,1-2,4,7,9H2,(H,17,18)(H,19,20). The topological polar surface area (TPSA) is 66.4 Å². The van der Waals surface area contributed by atoms with Crippen molar-refractivity contribution in [3.63, 3.8) is 0 Å². The summed E-state index contributed by atoms with van der Waals surface area (Å²) in [6.45, 7) is 0.433. The largest absolute Gasteiger partial charge is 0.481 e. The van der Waals surface area contributed by atoms with Crippen molar-refractivity contribution in [2.75, 3.05) is 6.54 Å². The van der Waals surface area contributed by atoms with E-state index < -0.39 is 5.97 Å². The van der Waals surface area contributed by atoms with Gasteiger partial charge < -0.3 is 10.4 Å². The lowest BCUT2D eigenvalue weighted by molar-refractivity contribution is -0.144. The van der Waals surface area contributed by atoms with Gasteiger partial charge in [-0.05, 0) is 37.0 Å².